The zero-order valence-corrected chi connectivity index (χ0v) is 15.7. The first-order chi connectivity index (χ1) is 14.2. The summed E-state index contributed by atoms with van der Waals surface area (Å²) in [6, 6.07) is 14.9. The van der Waals surface area contributed by atoms with Crippen LogP contribution in [0.5, 0.6) is 0 Å². The lowest BCUT2D eigenvalue weighted by atomic mass is 10.2. The van der Waals surface area contributed by atoms with Gasteiger partial charge >= 0.3 is 0 Å². The van der Waals surface area contributed by atoms with Gasteiger partial charge in [0.1, 0.15) is 12.7 Å². The number of aromatic nitrogens is 5. The predicted octanol–water partition coefficient (Wildman–Crippen LogP) is 2.46. The standard InChI is InChI=1S/C21H20N6O2/c28-20(25-17-9-7-16(8-10-17)12-27-14-22-13-24-27)6-3-11-26-15-23-19-5-2-1-4-18(19)21(26)29/h1-2,4-5,7-10,13-15H,3,6,11-12H2,(H,25,28). The van der Waals surface area contributed by atoms with E-state index in [9.17, 15) is 9.59 Å². The van der Waals surface area contributed by atoms with E-state index in [4.69, 9.17) is 0 Å². The molecule has 1 N–H and O–H groups in total. The molecule has 0 radical (unpaired) electrons. The number of amides is 1. The highest BCUT2D eigenvalue weighted by Gasteiger charge is 2.06. The van der Waals surface area contributed by atoms with Crippen LogP contribution in [0.3, 0.4) is 0 Å². The lowest BCUT2D eigenvalue weighted by Gasteiger charge is -2.08. The highest BCUT2D eigenvalue weighted by Crippen LogP contribution is 2.11. The molecule has 0 aliphatic rings. The number of carbonyl (C=O) groups excluding carboxylic acids is 1. The molecular weight excluding hydrogens is 368 g/mol. The second-order valence-electron chi connectivity index (χ2n) is 6.70. The van der Waals surface area contributed by atoms with Gasteiger partial charge in [-0.1, -0.05) is 24.3 Å². The van der Waals surface area contributed by atoms with Gasteiger partial charge < -0.3 is 5.32 Å². The minimum absolute atomic E-state index is 0.0843. The van der Waals surface area contributed by atoms with E-state index in [-0.39, 0.29) is 11.5 Å². The van der Waals surface area contributed by atoms with Crippen LogP contribution in [0, 0.1) is 0 Å². The van der Waals surface area contributed by atoms with Gasteiger partial charge in [-0.2, -0.15) is 5.10 Å². The number of hydrogen-bond acceptors (Lipinski definition) is 5. The van der Waals surface area contributed by atoms with Gasteiger partial charge in [-0.15, -0.1) is 0 Å². The highest BCUT2D eigenvalue weighted by atomic mass is 16.1. The summed E-state index contributed by atoms with van der Waals surface area (Å²) in [5, 5.41) is 7.54. The van der Waals surface area contributed by atoms with E-state index in [1.165, 1.54) is 12.7 Å². The Balaban J connectivity index is 1.29. The fourth-order valence-corrected chi connectivity index (χ4v) is 3.09. The SMILES string of the molecule is O=C(CCCn1cnc2ccccc2c1=O)Nc1ccc(Cn2cncn2)cc1. The van der Waals surface area contributed by atoms with Crippen LogP contribution < -0.4 is 10.9 Å². The second kappa shape index (κ2) is 8.47. The van der Waals surface area contributed by atoms with Crippen LogP contribution in [-0.2, 0) is 17.9 Å². The Morgan fingerprint density at radius 2 is 1.86 bits per heavy atom. The Kier molecular flexibility index (Phi) is 5.42. The maximum Gasteiger partial charge on any atom is 0.261 e. The normalized spacial score (nSPS) is 10.9. The molecule has 0 unspecified atom stereocenters. The number of para-hydroxylation sites is 1. The Labute approximate surface area is 166 Å². The van der Waals surface area contributed by atoms with Crippen molar-refractivity contribution in [1.82, 2.24) is 24.3 Å². The van der Waals surface area contributed by atoms with E-state index in [1.807, 2.05) is 42.5 Å². The van der Waals surface area contributed by atoms with E-state index < -0.39 is 0 Å². The average molecular weight is 388 g/mol. The van der Waals surface area contributed by atoms with Crippen molar-refractivity contribution in [1.29, 1.82) is 0 Å². The number of anilines is 1. The number of fused-ring (bicyclic) bond motifs is 1. The zero-order valence-electron chi connectivity index (χ0n) is 15.7. The summed E-state index contributed by atoms with van der Waals surface area (Å²) >= 11 is 0. The molecule has 2 heterocycles. The molecule has 0 saturated carbocycles. The van der Waals surface area contributed by atoms with E-state index in [0.717, 1.165) is 11.3 Å². The van der Waals surface area contributed by atoms with Crippen molar-refractivity contribution in [2.24, 2.45) is 0 Å². The number of nitrogens with zero attached hydrogens (tertiary/aromatic N) is 5. The Bertz CT molecular complexity index is 1170. The summed E-state index contributed by atoms with van der Waals surface area (Å²) in [7, 11) is 0. The van der Waals surface area contributed by atoms with Crippen LogP contribution in [0.4, 0.5) is 5.69 Å². The van der Waals surface area contributed by atoms with Gasteiger partial charge in [0.15, 0.2) is 0 Å². The molecule has 0 fully saturated rings. The van der Waals surface area contributed by atoms with Crippen LogP contribution in [0.2, 0.25) is 0 Å². The number of rotatable bonds is 7. The number of carbonyl (C=O) groups is 1. The smallest absolute Gasteiger partial charge is 0.261 e. The molecule has 4 aromatic rings. The predicted molar refractivity (Wildman–Crippen MR) is 109 cm³/mol. The maximum atomic E-state index is 12.5. The molecule has 0 aliphatic heterocycles. The van der Waals surface area contributed by atoms with Crippen molar-refractivity contribution in [3.8, 4) is 0 Å². The molecule has 1 amide bonds. The number of hydrogen-bond donors (Lipinski definition) is 1. The topological polar surface area (TPSA) is 94.7 Å². The van der Waals surface area contributed by atoms with Crippen molar-refractivity contribution < 1.29 is 4.79 Å². The van der Waals surface area contributed by atoms with Crippen LogP contribution in [0.1, 0.15) is 18.4 Å². The minimum atomic E-state index is -0.0872. The maximum absolute atomic E-state index is 12.5. The fraction of sp³-hybridized carbons (Fsp3) is 0.190. The lowest BCUT2D eigenvalue weighted by molar-refractivity contribution is -0.116. The van der Waals surface area contributed by atoms with Crippen LogP contribution in [0.15, 0.2) is 72.3 Å². The summed E-state index contributed by atoms with van der Waals surface area (Å²) in [5.74, 6) is -0.0872. The third-order valence-electron chi connectivity index (χ3n) is 4.58. The number of aryl methyl sites for hydroxylation is 1. The van der Waals surface area contributed by atoms with Gasteiger partial charge in [0.05, 0.1) is 23.8 Å². The lowest BCUT2D eigenvalue weighted by Crippen LogP contribution is -2.21. The fourth-order valence-electron chi connectivity index (χ4n) is 3.09. The first kappa shape index (κ1) is 18.5. The summed E-state index contributed by atoms with van der Waals surface area (Å²) in [4.78, 5) is 32.9. The Morgan fingerprint density at radius 1 is 1.03 bits per heavy atom. The van der Waals surface area contributed by atoms with Gasteiger partial charge in [0.25, 0.3) is 5.56 Å². The third kappa shape index (κ3) is 4.55. The van der Waals surface area contributed by atoms with Gasteiger partial charge in [0, 0.05) is 18.7 Å². The van der Waals surface area contributed by atoms with Crippen molar-refractivity contribution in [2.75, 3.05) is 5.32 Å². The van der Waals surface area contributed by atoms with Crippen LogP contribution in [0.25, 0.3) is 10.9 Å². The molecule has 8 heteroatoms. The summed E-state index contributed by atoms with van der Waals surface area (Å²) < 4.78 is 3.28. The summed E-state index contributed by atoms with van der Waals surface area (Å²) in [5.41, 5.74) is 2.40. The quantitative estimate of drug-likeness (QED) is 0.525. The molecule has 0 saturated heterocycles. The highest BCUT2D eigenvalue weighted by molar-refractivity contribution is 5.90. The number of nitrogens with one attached hydrogen (secondary N) is 1. The van der Waals surface area contributed by atoms with Crippen LogP contribution >= 0.6 is 0 Å². The molecule has 0 atom stereocenters. The molecule has 8 nitrogen and oxygen atoms in total. The summed E-state index contributed by atoms with van der Waals surface area (Å²) in [6.07, 6.45) is 5.56. The van der Waals surface area contributed by atoms with Crippen LogP contribution in [-0.4, -0.2) is 30.2 Å². The Morgan fingerprint density at radius 3 is 2.66 bits per heavy atom. The second-order valence-corrected chi connectivity index (χ2v) is 6.70. The van der Waals surface area contributed by atoms with Crippen molar-refractivity contribution in [2.45, 2.75) is 25.9 Å². The van der Waals surface area contributed by atoms with E-state index in [2.05, 4.69) is 20.4 Å². The van der Waals surface area contributed by atoms with E-state index in [0.29, 0.717) is 36.8 Å². The van der Waals surface area contributed by atoms with Crippen molar-refractivity contribution in [3.05, 3.63) is 83.4 Å². The molecule has 0 spiro atoms. The van der Waals surface area contributed by atoms with Crippen molar-refractivity contribution >= 4 is 22.5 Å². The zero-order chi connectivity index (χ0) is 20.1. The van der Waals surface area contributed by atoms with Gasteiger partial charge in [-0.3, -0.25) is 14.2 Å². The summed E-state index contributed by atoms with van der Waals surface area (Å²) in [6.45, 7) is 1.07. The largest absolute Gasteiger partial charge is 0.326 e. The van der Waals surface area contributed by atoms with Gasteiger partial charge in [-0.25, -0.2) is 14.6 Å². The minimum Gasteiger partial charge on any atom is -0.326 e. The van der Waals surface area contributed by atoms with Gasteiger partial charge in [-0.05, 0) is 36.2 Å². The molecule has 4 rings (SSSR count). The first-order valence-corrected chi connectivity index (χ1v) is 9.34. The molecular formula is C21H20N6O2. The van der Waals surface area contributed by atoms with Crippen molar-refractivity contribution in [3.63, 3.8) is 0 Å². The molecule has 0 bridgehead atoms. The molecule has 2 aromatic carbocycles. The van der Waals surface area contributed by atoms with E-state index in [1.54, 1.807) is 21.6 Å². The monoisotopic (exact) mass is 388 g/mol. The van der Waals surface area contributed by atoms with Gasteiger partial charge in [0.2, 0.25) is 5.91 Å². The third-order valence-corrected chi connectivity index (χ3v) is 4.58. The molecule has 0 aliphatic carbocycles. The Hall–Kier alpha value is -3.81. The number of benzene rings is 2. The molecule has 29 heavy (non-hydrogen) atoms. The van der Waals surface area contributed by atoms with E-state index >= 15 is 0 Å². The average Bonchev–Trinajstić information content (AvgIpc) is 3.24. The molecule has 146 valence electrons. The molecule has 2 aromatic heterocycles. The first-order valence-electron chi connectivity index (χ1n) is 9.34.